The Kier molecular flexibility index (Phi) is 5.13. The molecule has 0 aromatic carbocycles. The fraction of sp³-hybridized carbons (Fsp3) is 0.333. The van der Waals surface area contributed by atoms with Gasteiger partial charge in [0.2, 0.25) is 0 Å². The molecule has 0 unspecified atom stereocenters. The molecule has 4 rings (SSSR count). The van der Waals surface area contributed by atoms with E-state index < -0.39 is 6.10 Å². The summed E-state index contributed by atoms with van der Waals surface area (Å²) < 4.78 is 12.2. The number of hydrogen-bond donors (Lipinski definition) is 1. The Morgan fingerprint density at radius 3 is 2.73 bits per heavy atom. The molecule has 3 aromatic rings. The third-order valence-corrected chi connectivity index (χ3v) is 4.97. The Labute approximate surface area is 173 Å². The zero-order valence-electron chi connectivity index (χ0n) is 17.3. The van der Waals surface area contributed by atoms with Crippen LogP contribution < -0.4 is 14.4 Å². The third kappa shape index (κ3) is 3.48. The average molecular weight is 409 g/mol. The second kappa shape index (κ2) is 7.75. The Bertz CT molecular complexity index is 1110. The maximum absolute atomic E-state index is 13.0. The minimum Gasteiger partial charge on any atom is -0.491 e. The largest absolute Gasteiger partial charge is 0.491 e. The van der Waals surface area contributed by atoms with E-state index in [9.17, 15) is 9.90 Å². The van der Waals surface area contributed by atoms with Crippen molar-refractivity contribution in [3.05, 3.63) is 47.5 Å². The topological polar surface area (TPSA) is 103 Å². The molecule has 4 heterocycles. The van der Waals surface area contributed by atoms with Gasteiger partial charge >= 0.3 is 0 Å². The summed E-state index contributed by atoms with van der Waals surface area (Å²) in [6.45, 7) is 4.30. The minimum atomic E-state index is -0.522. The predicted molar refractivity (Wildman–Crippen MR) is 110 cm³/mol. The summed E-state index contributed by atoms with van der Waals surface area (Å²) in [6.07, 6.45) is 4.53. The standard InChI is InChI=1S/C21H23N5O4/c1-12-5-16(14-6-18(29-3)20(30-4)22-7-14)24-17-11-26(21(28)19(12)17)15-8-23-25(10-15)9-13(2)27/h5-8,10,13,27H,9,11H2,1-4H3/t13-/m0/s1. The molecule has 1 N–H and O–H groups in total. The van der Waals surface area contributed by atoms with Gasteiger partial charge in [0.1, 0.15) is 0 Å². The summed E-state index contributed by atoms with van der Waals surface area (Å²) in [5.74, 6) is 0.802. The molecule has 156 valence electrons. The van der Waals surface area contributed by atoms with Crippen LogP contribution in [0.4, 0.5) is 5.69 Å². The first-order chi connectivity index (χ1) is 14.4. The molecule has 0 bridgehead atoms. The smallest absolute Gasteiger partial charge is 0.260 e. The molecule has 1 atom stereocenters. The van der Waals surface area contributed by atoms with Gasteiger partial charge in [-0.1, -0.05) is 0 Å². The summed E-state index contributed by atoms with van der Waals surface area (Å²) in [5.41, 5.74) is 4.30. The van der Waals surface area contributed by atoms with E-state index >= 15 is 0 Å². The van der Waals surface area contributed by atoms with Crippen molar-refractivity contribution in [1.82, 2.24) is 19.7 Å². The van der Waals surface area contributed by atoms with Crippen LogP contribution in [-0.2, 0) is 13.1 Å². The molecule has 0 aliphatic carbocycles. The van der Waals surface area contributed by atoms with E-state index in [2.05, 4.69) is 10.1 Å². The van der Waals surface area contributed by atoms with Crippen LogP contribution in [0.5, 0.6) is 11.6 Å². The number of ether oxygens (including phenoxy) is 2. The number of aliphatic hydroxyl groups excluding tert-OH is 1. The molecular weight excluding hydrogens is 386 g/mol. The zero-order valence-corrected chi connectivity index (χ0v) is 17.3. The SMILES string of the molecule is COc1cc(-c2cc(C)c3c(n2)CN(c2cnn(C[C@H](C)O)c2)C3=O)cnc1OC. The Hall–Kier alpha value is -3.46. The molecular formula is C21H23N5O4. The summed E-state index contributed by atoms with van der Waals surface area (Å²) in [4.78, 5) is 23.7. The molecule has 1 aliphatic heterocycles. The van der Waals surface area contributed by atoms with Crippen molar-refractivity contribution in [3.63, 3.8) is 0 Å². The lowest BCUT2D eigenvalue weighted by molar-refractivity contribution is 0.0996. The number of carbonyl (C=O) groups is 1. The molecule has 0 spiro atoms. The maximum atomic E-state index is 13.0. The van der Waals surface area contributed by atoms with Gasteiger partial charge in [-0.2, -0.15) is 5.10 Å². The van der Waals surface area contributed by atoms with Gasteiger partial charge in [-0.05, 0) is 31.5 Å². The van der Waals surface area contributed by atoms with Gasteiger partial charge in [-0.3, -0.25) is 19.4 Å². The van der Waals surface area contributed by atoms with E-state index in [4.69, 9.17) is 14.5 Å². The number of aliphatic hydroxyl groups is 1. The van der Waals surface area contributed by atoms with E-state index in [1.54, 1.807) is 42.2 Å². The van der Waals surface area contributed by atoms with Crippen molar-refractivity contribution in [2.75, 3.05) is 19.1 Å². The Morgan fingerprint density at radius 2 is 2.03 bits per heavy atom. The first-order valence-electron chi connectivity index (χ1n) is 9.52. The normalized spacial score (nSPS) is 14.0. The van der Waals surface area contributed by atoms with Gasteiger partial charge in [0, 0.05) is 18.0 Å². The van der Waals surface area contributed by atoms with Gasteiger partial charge in [0.05, 0.1) is 62.2 Å². The first kappa shape index (κ1) is 19.8. The van der Waals surface area contributed by atoms with Gasteiger partial charge in [0.25, 0.3) is 11.8 Å². The summed E-state index contributed by atoms with van der Waals surface area (Å²) in [5, 5.41) is 13.8. The van der Waals surface area contributed by atoms with Crippen LogP contribution in [0.3, 0.4) is 0 Å². The fourth-order valence-corrected chi connectivity index (χ4v) is 3.59. The number of aryl methyl sites for hydroxylation is 1. The monoisotopic (exact) mass is 409 g/mol. The van der Waals surface area contributed by atoms with Gasteiger partial charge in [0.15, 0.2) is 5.75 Å². The molecule has 1 aliphatic rings. The highest BCUT2D eigenvalue weighted by Crippen LogP contribution is 2.34. The number of carbonyl (C=O) groups excluding carboxylic acids is 1. The van der Waals surface area contributed by atoms with Crippen LogP contribution in [0.1, 0.15) is 28.5 Å². The number of pyridine rings is 2. The van der Waals surface area contributed by atoms with Gasteiger partial charge < -0.3 is 14.6 Å². The van der Waals surface area contributed by atoms with E-state index in [1.165, 1.54) is 7.11 Å². The van der Waals surface area contributed by atoms with Crippen molar-refractivity contribution in [2.45, 2.75) is 33.0 Å². The molecule has 0 saturated carbocycles. The quantitative estimate of drug-likeness (QED) is 0.666. The van der Waals surface area contributed by atoms with Gasteiger partial charge in [-0.25, -0.2) is 4.98 Å². The lowest BCUT2D eigenvalue weighted by atomic mass is 10.1. The number of fused-ring (bicyclic) bond motifs is 1. The van der Waals surface area contributed by atoms with Crippen LogP contribution in [0.25, 0.3) is 11.3 Å². The average Bonchev–Trinajstić information content (AvgIpc) is 3.31. The second-order valence-electron chi connectivity index (χ2n) is 7.24. The molecule has 0 fully saturated rings. The highest BCUT2D eigenvalue weighted by molar-refractivity contribution is 6.10. The van der Waals surface area contributed by atoms with Gasteiger partial charge in [-0.15, -0.1) is 0 Å². The predicted octanol–water partition coefficient (Wildman–Crippen LogP) is 2.21. The van der Waals surface area contributed by atoms with Crippen LogP contribution in [0.2, 0.25) is 0 Å². The van der Waals surface area contributed by atoms with Crippen molar-refractivity contribution in [2.24, 2.45) is 0 Å². The number of methoxy groups -OCH3 is 2. The number of amides is 1. The van der Waals surface area contributed by atoms with E-state index in [0.717, 1.165) is 11.1 Å². The van der Waals surface area contributed by atoms with Crippen LogP contribution in [0, 0.1) is 6.92 Å². The fourth-order valence-electron chi connectivity index (χ4n) is 3.59. The molecule has 30 heavy (non-hydrogen) atoms. The second-order valence-corrected chi connectivity index (χ2v) is 7.24. The van der Waals surface area contributed by atoms with E-state index in [0.29, 0.717) is 47.4 Å². The van der Waals surface area contributed by atoms with Crippen LogP contribution >= 0.6 is 0 Å². The summed E-state index contributed by atoms with van der Waals surface area (Å²) >= 11 is 0. The van der Waals surface area contributed by atoms with E-state index in [1.807, 2.05) is 19.1 Å². The number of nitrogens with zero attached hydrogens (tertiary/aromatic N) is 5. The molecule has 0 radical (unpaired) electrons. The van der Waals surface area contributed by atoms with Crippen molar-refractivity contribution in [1.29, 1.82) is 0 Å². The molecule has 0 saturated heterocycles. The maximum Gasteiger partial charge on any atom is 0.260 e. The van der Waals surface area contributed by atoms with Crippen molar-refractivity contribution in [3.8, 4) is 22.9 Å². The number of anilines is 1. The molecule has 9 nitrogen and oxygen atoms in total. The molecule has 3 aromatic heterocycles. The lowest BCUT2D eigenvalue weighted by Gasteiger charge is -2.12. The number of rotatable bonds is 6. The third-order valence-electron chi connectivity index (χ3n) is 4.97. The van der Waals surface area contributed by atoms with Crippen molar-refractivity contribution < 1.29 is 19.4 Å². The first-order valence-corrected chi connectivity index (χ1v) is 9.52. The summed E-state index contributed by atoms with van der Waals surface area (Å²) in [7, 11) is 3.09. The van der Waals surface area contributed by atoms with Crippen LogP contribution in [0.15, 0.2) is 30.7 Å². The lowest BCUT2D eigenvalue weighted by Crippen LogP contribution is -2.23. The molecule has 9 heteroatoms. The highest BCUT2D eigenvalue weighted by Gasteiger charge is 2.32. The Morgan fingerprint density at radius 1 is 1.23 bits per heavy atom. The number of hydrogen-bond acceptors (Lipinski definition) is 7. The highest BCUT2D eigenvalue weighted by atomic mass is 16.5. The summed E-state index contributed by atoms with van der Waals surface area (Å²) in [6, 6.07) is 3.69. The minimum absolute atomic E-state index is 0.108. The zero-order chi connectivity index (χ0) is 21.4. The van der Waals surface area contributed by atoms with Crippen molar-refractivity contribution >= 4 is 11.6 Å². The Balaban J connectivity index is 1.67. The number of aromatic nitrogens is 4. The van der Waals surface area contributed by atoms with E-state index in [-0.39, 0.29) is 5.91 Å². The van der Waals surface area contributed by atoms with Crippen LogP contribution in [-0.4, -0.2) is 51.1 Å². The molecule has 1 amide bonds.